The van der Waals surface area contributed by atoms with E-state index in [1.54, 1.807) is 12.1 Å². The molecule has 110 valence electrons. The highest BCUT2D eigenvalue weighted by Crippen LogP contribution is 2.22. The molecule has 1 saturated carbocycles. The Balaban J connectivity index is 1.89. The fourth-order valence-corrected chi connectivity index (χ4v) is 2.61. The number of nitrogens with zero attached hydrogens (tertiary/aromatic N) is 1. The number of aryl methyl sites for hydroxylation is 2. The van der Waals surface area contributed by atoms with Crippen LogP contribution in [0.15, 0.2) is 30.3 Å². The Morgan fingerprint density at radius 1 is 1.29 bits per heavy atom. The molecule has 3 rings (SSSR count). The summed E-state index contributed by atoms with van der Waals surface area (Å²) in [5.74, 6) is -0.254. The molecule has 0 radical (unpaired) electrons. The summed E-state index contributed by atoms with van der Waals surface area (Å²) in [5, 5.41) is 3.04. The molecule has 1 aromatic heterocycles. The lowest BCUT2D eigenvalue weighted by atomic mass is 10.2. The van der Waals surface area contributed by atoms with Gasteiger partial charge in [-0.05, 0) is 56.0 Å². The third-order valence-corrected chi connectivity index (χ3v) is 3.88. The van der Waals surface area contributed by atoms with Crippen molar-refractivity contribution in [2.45, 2.75) is 39.3 Å². The van der Waals surface area contributed by atoms with Crippen LogP contribution in [-0.4, -0.2) is 16.5 Å². The quantitative estimate of drug-likeness (QED) is 0.920. The second kappa shape index (κ2) is 5.35. The fraction of sp³-hybridized carbons (Fsp3) is 0.353. The topological polar surface area (TPSA) is 34.0 Å². The molecule has 0 aliphatic heterocycles. The predicted molar refractivity (Wildman–Crippen MR) is 79.9 cm³/mol. The third kappa shape index (κ3) is 2.99. The summed E-state index contributed by atoms with van der Waals surface area (Å²) in [6.07, 6.45) is 2.14. The molecule has 1 fully saturated rings. The van der Waals surface area contributed by atoms with Gasteiger partial charge >= 0.3 is 0 Å². The highest BCUT2D eigenvalue weighted by molar-refractivity contribution is 5.94. The number of nitrogens with one attached hydrogen (secondary N) is 1. The van der Waals surface area contributed by atoms with Gasteiger partial charge < -0.3 is 9.88 Å². The summed E-state index contributed by atoms with van der Waals surface area (Å²) < 4.78 is 15.0. The van der Waals surface area contributed by atoms with Crippen LogP contribution in [-0.2, 0) is 6.54 Å². The maximum Gasteiger partial charge on any atom is 0.268 e. The molecular formula is C17H19FN2O. The predicted octanol–water partition coefficient (Wildman–Crippen LogP) is 3.18. The smallest absolute Gasteiger partial charge is 0.268 e. The first kappa shape index (κ1) is 13.9. The van der Waals surface area contributed by atoms with Crippen molar-refractivity contribution in [3.63, 3.8) is 0 Å². The molecule has 2 aromatic rings. The van der Waals surface area contributed by atoms with Crippen LogP contribution < -0.4 is 5.32 Å². The van der Waals surface area contributed by atoms with Crippen LogP contribution in [0.3, 0.4) is 0 Å². The minimum absolute atomic E-state index is 0.00906. The number of halogens is 1. The lowest BCUT2D eigenvalue weighted by Gasteiger charge is -2.13. The van der Waals surface area contributed by atoms with Crippen molar-refractivity contribution in [2.24, 2.45) is 0 Å². The van der Waals surface area contributed by atoms with Gasteiger partial charge in [-0.25, -0.2) is 4.39 Å². The minimum Gasteiger partial charge on any atom is -0.348 e. The summed E-state index contributed by atoms with van der Waals surface area (Å²) in [5.41, 5.74) is 3.71. The fourth-order valence-electron chi connectivity index (χ4n) is 2.61. The standard InChI is InChI=1S/C17H19FN2O/c1-11-9-12(2)20(10-13-3-5-14(18)6-4-13)16(11)17(21)19-15-7-8-15/h3-6,9,15H,7-8,10H2,1-2H3,(H,19,21). The normalized spacial score (nSPS) is 14.2. The average molecular weight is 286 g/mol. The van der Waals surface area contributed by atoms with E-state index < -0.39 is 0 Å². The maximum absolute atomic E-state index is 13.0. The monoisotopic (exact) mass is 286 g/mol. The summed E-state index contributed by atoms with van der Waals surface area (Å²) in [6.45, 7) is 4.52. The van der Waals surface area contributed by atoms with E-state index in [1.165, 1.54) is 12.1 Å². The van der Waals surface area contributed by atoms with Crippen LogP contribution in [0.1, 0.15) is 40.2 Å². The van der Waals surface area contributed by atoms with Gasteiger partial charge in [-0.2, -0.15) is 0 Å². The Bertz CT molecular complexity index is 669. The van der Waals surface area contributed by atoms with Gasteiger partial charge in [0.05, 0.1) is 0 Å². The molecule has 4 heteroatoms. The molecule has 1 heterocycles. The highest BCUT2D eigenvalue weighted by Gasteiger charge is 2.26. The number of benzene rings is 1. The number of hydrogen-bond donors (Lipinski definition) is 1. The lowest BCUT2D eigenvalue weighted by molar-refractivity contribution is 0.0941. The molecule has 0 bridgehead atoms. The summed E-state index contributed by atoms with van der Waals surface area (Å²) in [4.78, 5) is 12.4. The van der Waals surface area contributed by atoms with Gasteiger partial charge in [-0.3, -0.25) is 4.79 Å². The van der Waals surface area contributed by atoms with Crippen molar-refractivity contribution < 1.29 is 9.18 Å². The van der Waals surface area contributed by atoms with Gasteiger partial charge in [-0.15, -0.1) is 0 Å². The molecule has 1 aliphatic rings. The molecule has 0 atom stereocenters. The number of rotatable bonds is 4. The van der Waals surface area contributed by atoms with Crippen molar-refractivity contribution in [1.82, 2.24) is 9.88 Å². The number of carbonyl (C=O) groups excluding carboxylic acids is 1. The van der Waals surface area contributed by atoms with Crippen LogP contribution in [0.4, 0.5) is 4.39 Å². The molecule has 1 N–H and O–H groups in total. The average Bonchev–Trinajstić information content (AvgIpc) is 3.19. The molecule has 21 heavy (non-hydrogen) atoms. The zero-order valence-corrected chi connectivity index (χ0v) is 12.3. The van der Waals surface area contributed by atoms with Gasteiger partial charge in [0, 0.05) is 18.3 Å². The molecule has 1 aliphatic carbocycles. The van der Waals surface area contributed by atoms with E-state index in [4.69, 9.17) is 0 Å². The van der Waals surface area contributed by atoms with Crippen LogP contribution in [0, 0.1) is 19.7 Å². The number of carbonyl (C=O) groups is 1. The van der Waals surface area contributed by atoms with Crippen molar-refractivity contribution in [3.8, 4) is 0 Å². The maximum atomic E-state index is 13.0. The van der Waals surface area contributed by atoms with Crippen LogP contribution in [0.2, 0.25) is 0 Å². The Morgan fingerprint density at radius 3 is 2.57 bits per heavy atom. The largest absolute Gasteiger partial charge is 0.348 e. The minimum atomic E-state index is -0.245. The SMILES string of the molecule is Cc1cc(C)n(Cc2ccc(F)cc2)c1C(=O)NC1CC1. The second-order valence-corrected chi connectivity index (χ2v) is 5.78. The molecule has 1 aromatic carbocycles. The molecule has 0 spiro atoms. The van der Waals surface area contributed by atoms with E-state index in [0.29, 0.717) is 18.3 Å². The number of aromatic nitrogens is 1. The number of hydrogen-bond acceptors (Lipinski definition) is 1. The van der Waals surface area contributed by atoms with Crippen molar-refractivity contribution >= 4 is 5.91 Å². The Labute approximate surface area is 123 Å². The van der Waals surface area contributed by atoms with Crippen molar-refractivity contribution in [1.29, 1.82) is 0 Å². The molecule has 1 amide bonds. The van der Waals surface area contributed by atoms with E-state index in [2.05, 4.69) is 5.32 Å². The molecule has 0 saturated heterocycles. The Kier molecular flexibility index (Phi) is 3.53. The molecular weight excluding hydrogens is 267 g/mol. The van der Waals surface area contributed by atoms with Crippen molar-refractivity contribution in [2.75, 3.05) is 0 Å². The van der Waals surface area contributed by atoms with E-state index in [0.717, 1.165) is 29.7 Å². The van der Waals surface area contributed by atoms with Gasteiger partial charge in [0.25, 0.3) is 5.91 Å². The van der Waals surface area contributed by atoms with E-state index in [-0.39, 0.29) is 11.7 Å². The van der Waals surface area contributed by atoms with Gasteiger partial charge in [0.15, 0.2) is 0 Å². The van der Waals surface area contributed by atoms with Crippen LogP contribution in [0.25, 0.3) is 0 Å². The first-order valence-electron chi connectivity index (χ1n) is 7.26. The zero-order chi connectivity index (χ0) is 15.0. The second-order valence-electron chi connectivity index (χ2n) is 5.78. The van der Waals surface area contributed by atoms with Gasteiger partial charge in [0.1, 0.15) is 11.5 Å². The van der Waals surface area contributed by atoms with E-state index in [1.807, 2.05) is 24.5 Å². The number of amides is 1. The molecule has 3 nitrogen and oxygen atoms in total. The highest BCUT2D eigenvalue weighted by atomic mass is 19.1. The third-order valence-electron chi connectivity index (χ3n) is 3.88. The summed E-state index contributed by atoms with van der Waals surface area (Å²) in [7, 11) is 0. The Hall–Kier alpha value is -2.10. The van der Waals surface area contributed by atoms with E-state index >= 15 is 0 Å². The first-order chi connectivity index (χ1) is 10.0. The first-order valence-corrected chi connectivity index (χ1v) is 7.26. The lowest BCUT2D eigenvalue weighted by Crippen LogP contribution is -2.28. The Morgan fingerprint density at radius 2 is 1.95 bits per heavy atom. The van der Waals surface area contributed by atoms with E-state index in [9.17, 15) is 9.18 Å². The summed E-state index contributed by atoms with van der Waals surface area (Å²) >= 11 is 0. The van der Waals surface area contributed by atoms with Gasteiger partial charge in [0.2, 0.25) is 0 Å². The zero-order valence-electron chi connectivity index (χ0n) is 12.3. The molecule has 0 unspecified atom stereocenters. The van der Waals surface area contributed by atoms with Crippen LogP contribution >= 0.6 is 0 Å². The summed E-state index contributed by atoms with van der Waals surface area (Å²) in [6, 6.07) is 8.77. The van der Waals surface area contributed by atoms with Gasteiger partial charge in [-0.1, -0.05) is 12.1 Å². The van der Waals surface area contributed by atoms with Crippen LogP contribution in [0.5, 0.6) is 0 Å². The van der Waals surface area contributed by atoms with Crippen molar-refractivity contribution in [3.05, 3.63) is 58.7 Å².